The van der Waals surface area contributed by atoms with Crippen LogP contribution in [0, 0.1) is 13.8 Å². The van der Waals surface area contributed by atoms with E-state index in [2.05, 4.69) is 5.32 Å². The van der Waals surface area contributed by atoms with Crippen molar-refractivity contribution in [3.05, 3.63) is 59.7 Å². The van der Waals surface area contributed by atoms with Crippen molar-refractivity contribution in [3.8, 4) is 5.75 Å². The lowest BCUT2D eigenvalue weighted by Crippen LogP contribution is -2.32. The molecule has 0 aromatic heterocycles. The van der Waals surface area contributed by atoms with Crippen molar-refractivity contribution in [3.63, 3.8) is 0 Å². The standard InChI is InChI=1S/C18H21NO2/c1-4-16(21-17-8-6-5-7-14(17)3)18(20)19-15-11-9-13(2)10-12-15/h5-12,16H,4H2,1-3H3,(H,19,20)/t16-/m1/s1. The fourth-order valence-corrected chi connectivity index (χ4v) is 2.02. The van der Waals surface area contributed by atoms with Gasteiger partial charge in [-0.3, -0.25) is 4.79 Å². The molecule has 110 valence electrons. The van der Waals surface area contributed by atoms with Gasteiger partial charge in [-0.1, -0.05) is 42.8 Å². The van der Waals surface area contributed by atoms with Gasteiger partial charge in [-0.15, -0.1) is 0 Å². The molecule has 0 saturated heterocycles. The number of amides is 1. The van der Waals surface area contributed by atoms with Crippen molar-refractivity contribution in [1.29, 1.82) is 0 Å². The summed E-state index contributed by atoms with van der Waals surface area (Å²) in [5, 5.41) is 2.90. The van der Waals surface area contributed by atoms with E-state index in [1.807, 2.05) is 69.3 Å². The second kappa shape index (κ2) is 6.93. The molecule has 0 bridgehead atoms. The van der Waals surface area contributed by atoms with Gasteiger partial charge < -0.3 is 10.1 Å². The SMILES string of the molecule is CC[C@@H](Oc1ccccc1C)C(=O)Nc1ccc(C)cc1. The van der Waals surface area contributed by atoms with E-state index in [0.717, 1.165) is 22.6 Å². The number of carbonyl (C=O) groups is 1. The Morgan fingerprint density at radius 1 is 1.10 bits per heavy atom. The zero-order chi connectivity index (χ0) is 15.2. The number of hydrogen-bond acceptors (Lipinski definition) is 2. The number of ether oxygens (including phenoxy) is 1. The highest BCUT2D eigenvalue weighted by molar-refractivity contribution is 5.94. The van der Waals surface area contributed by atoms with Crippen LogP contribution in [0.25, 0.3) is 0 Å². The molecule has 0 aliphatic heterocycles. The van der Waals surface area contributed by atoms with Gasteiger partial charge in [0, 0.05) is 5.69 Å². The normalized spacial score (nSPS) is 11.8. The van der Waals surface area contributed by atoms with Crippen molar-refractivity contribution in [2.75, 3.05) is 5.32 Å². The summed E-state index contributed by atoms with van der Waals surface area (Å²) in [4.78, 5) is 12.3. The van der Waals surface area contributed by atoms with Crippen LogP contribution >= 0.6 is 0 Å². The lowest BCUT2D eigenvalue weighted by atomic mass is 10.2. The highest BCUT2D eigenvalue weighted by Crippen LogP contribution is 2.19. The van der Waals surface area contributed by atoms with Crippen LogP contribution in [0.2, 0.25) is 0 Å². The molecule has 3 heteroatoms. The van der Waals surface area contributed by atoms with Crippen molar-refractivity contribution in [2.24, 2.45) is 0 Å². The summed E-state index contributed by atoms with van der Waals surface area (Å²) in [5.74, 6) is 0.632. The van der Waals surface area contributed by atoms with Gasteiger partial charge in [-0.25, -0.2) is 0 Å². The minimum atomic E-state index is -0.493. The van der Waals surface area contributed by atoms with Crippen LogP contribution in [-0.4, -0.2) is 12.0 Å². The number of aryl methyl sites for hydroxylation is 2. The van der Waals surface area contributed by atoms with E-state index in [-0.39, 0.29) is 5.91 Å². The first-order valence-electron chi connectivity index (χ1n) is 7.20. The van der Waals surface area contributed by atoms with E-state index in [1.165, 1.54) is 0 Å². The fourth-order valence-electron chi connectivity index (χ4n) is 2.02. The Morgan fingerprint density at radius 2 is 1.76 bits per heavy atom. The van der Waals surface area contributed by atoms with Gasteiger partial charge in [0.2, 0.25) is 0 Å². The van der Waals surface area contributed by atoms with E-state index in [9.17, 15) is 4.79 Å². The molecule has 3 nitrogen and oxygen atoms in total. The van der Waals surface area contributed by atoms with Crippen molar-refractivity contribution < 1.29 is 9.53 Å². The number of benzene rings is 2. The molecular weight excluding hydrogens is 262 g/mol. The van der Waals surface area contributed by atoms with E-state index in [0.29, 0.717) is 6.42 Å². The fraction of sp³-hybridized carbons (Fsp3) is 0.278. The number of hydrogen-bond donors (Lipinski definition) is 1. The van der Waals surface area contributed by atoms with Gasteiger partial charge in [0.05, 0.1) is 0 Å². The molecule has 1 atom stereocenters. The molecule has 2 aromatic rings. The highest BCUT2D eigenvalue weighted by Gasteiger charge is 2.19. The van der Waals surface area contributed by atoms with Crippen molar-refractivity contribution in [1.82, 2.24) is 0 Å². The number of anilines is 1. The Labute approximate surface area is 126 Å². The molecule has 0 radical (unpaired) electrons. The Balaban J connectivity index is 2.05. The summed E-state index contributed by atoms with van der Waals surface area (Å²) >= 11 is 0. The maximum absolute atomic E-state index is 12.3. The van der Waals surface area contributed by atoms with Gasteiger partial charge in [-0.2, -0.15) is 0 Å². The van der Waals surface area contributed by atoms with Gasteiger partial charge in [-0.05, 0) is 44.0 Å². The molecule has 0 aliphatic carbocycles. The average Bonchev–Trinajstić information content (AvgIpc) is 2.48. The molecule has 0 spiro atoms. The molecule has 1 N–H and O–H groups in total. The van der Waals surface area contributed by atoms with Gasteiger partial charge in [0.15, 0.2) is 6.10 Å². The third-order valence-electron chi connectivity index (χ3n) is 3.35. The van der Waals surface area contributed by atoms with Crippen LogP contribution in [0.1, 0.15) is 24.5 Å². The third kappa shape index (κ3) is 4.09. The molecule has 0 aliphatic rings. The summed E-state index contributed by atoms with van der Waals surface area (Å²) < 4.78 is 5.84. The molecule has 21 heavy (non-hydrogen) atoms. The van der Waals surface area contributed by atoms with Crippen LogP contribution in [0.3, 0.4) is 0 Å². The molecule has 0 unspecified atom stereocenters. The van der Waals surface area contributed by atoms with E-state index >= 15 is 0 Å². The molecule has 2 aromatic carbocycles. The van der Waals surface area contributed by atoms with Crippen molar-refractivity contribution >= 4 is 11.6 Å². The van der Waals surface area contributed by atoms with E-state index < -0.39 is 6.10 Å². The predicted octanol–water partition coefficient (Wildman–Crippen LogP) is 4.10. The van der Waals surface area contributed by atoms with Crippen LogP contribution in [-0.2, 0) is 4.79 Å². The maximum atomic E-state index is 12.3. The molecular formula is C18H21NO2. The second-order valence-electron chi connectivity index (χ2n) is 5.14. The number of para-hydroxylation sites is 1. The zero-order valence-corrected chi connectivity index (χ0v) is 12.7. The van der Waals surface area contributed by atoms with Crippen LogP contribution in [0.5, 0.6) is 5.75 Å². The first-order chi connectivity index (χ1) is 10.1. The molecule has 0 heterocycles. The minimum Gasteiger partial charge on any atom is -0.480 e. The summed E-state index contributed by atoms with van der Waals surface area (Å²) in [6, 6.07) is 15.5. The number of rotatable bonds is 5. The highest BCUT2D eigenvalue weighted by atomic mass is 16.5. The Kier molecular flexibility index (Phi) is 4.99. The van der Waals surface area contributed by atoms with Crippen LogP contribution < -0.4 is 10.1 Å². The predicted molar refractivity (Wildman–Crippen MR) is 85.7 cm³/mol. The third-order valence-corrected chi connectivity index (χ3v) is 3.35. The summed E-state index contributed by atoms with van der Waals surface area (Å²) in [5.41, 5.74) is 2.98. The number of carbonyl (C=O) groups excluding carboxylic acids is 1. The lowest BCUT2D eigenvalue weighted by Gasteiger charge is -2.18. The average molecular weight is 283 g/mol. The lowest BCUT2D eigenvalue weighted by molar-refractivity contribution is -0.122. The minimum absolute atomic E-state index is 0.121. The van der Waals surface area contributed by atoms with Crippen molar-refractivity contribution in [2.45, 2.75) is 33.3 Å². The topological polar surface area (TPSA) is 38.3 Å². The summed E-state index contributed by atoms with van der Waals surface area (Å²) in [6.45, 7) is 5.93. The van der Waals surface area contributed by atoms with Crippen LogP contribution in [0.4, 0.5) is 5.69 Å². The Hall–Kier alpha value is -2.29. The smallest absolute Gasteiger partial charge is 0.265 e. The Morgan fingerprint density at radius 3 is 2.38 bits per heavy atom. The number of nitrogens with one attached hydrogen (secondary N) is 1. The Bertz CT molecular complexity index is 605. The molecule has 2 rings (SSSR count). The van der Waals surface area contributed by atoms with Gasteiger partial charge in [0.1, 0.15) is 5.75 Å². The summed E-state index contributed by atoms with van der Waals surface area (Å²) in [7, 11) is 0. The van der Waals surface area contributed by atoms with E-state index in [1.54, 1.807) is 0 Å². The monoisotopic (exact) mass is 283 g/mol. The van der Waals surface area contributed by atoms with Crippen LogP contribution in [0.15, 0.2) is 48.5 Å². The summed E-state index contributed by atoms with van der Waals surface area (Å²) in [6.07, 6.45) is 0.124. The first kappa shape index (κ1) is 15.1. The maximum Gasteiger partial charge on any atom is 0.265 e. The molecule has 1 amide bonds. The largest absolute Gasteiger partial charge is 0.480 e. The quantitative estimate of drug-likeness (QED) is 0.897. The van der Waals surface area contributed by atoms with Gasteiger partial charge >= 0.3 is 0 Å². The van der Waals surface area contributed by atoms with Gasteiger partial charge in [0.25, 0.3) is 5.91 Å². The second-order valence-corrected chi connectivity index (χ2v) is 5.14. The molecule has 0 saturated carbocycles. The zero-order valence-electron chi connectivity index (χ0n) is 12.7. The van der Waals surface area contributed by atoms with E-state index in [4.69, 9.17) is 4.74 Å². The first-order valence-corrected chi connectivity index (χ1v) is 7.20. The molecule has 0 fully saturated rings.